The third kappa shape index (κ3) is 7.42. The lowest BCUT2D eigenvalue weighted by atomic mass is 9.90. The summed E-state index contributed by atoms with van der Waals surface area (Å²) < 4.78 is 16.4. The van der Waals surface area contributed by atoms with Crippen molar-refractivity contribution in [1.82, 2.24) is 0 Å². The van der Waals surface area contributed by atoms with Crippen molar-refractivity contribution in [3.63, 3.8) is 0 Å². The predicted octanol–water partition coefficient (Wildman–Crippen LogP) is 5.84. The molecule has 0 radical (unpaired) electrons. The smallest absolute Gasteiger partial charge is 0.306 e. The Balaban J connectivity index is 2.08. The van der Waals surface area contributed by atoms with E-state index in [9.17, 15) is 9.59 Å². The van der Waals surface area contributed by atoms with Gasteiger partial charge in [-0.2, -0.15) is 0 Å². The third-order valence-corrected chi connectivity index (χ3v) is 4.87. The van der Waals surface area contributed by atoms with Gasteiger partial charge in [0.1, 0.15) is 18.0 Å². The maximum Gasteiger partial charge on any atom is 0.306 e. The molecule has 2 rings (SSSR count). The molecule has 0 heterocycles. The van der Waals surface area contributed by atoms with E-state index < -0.39 is 5.60 Å². The van der Waals surface area contributed by atoms with Crippen molar-refractivity contribution in [3.8, 4) is 16.9 Å². The molecule has 168 valence electrons. The number of carbonyl (C=O) groups is 2. The van der Waals surface area contributed by atoms with Crippen LogP contribution in [0.4, 0.5) is 0 Å². The van der Waals surface area contributed by atoms with Gasteiger partial charge in [-0.1, -0.05) is 18.2 Å². The summed E-state index contributed by atoms with van der Waals surface area (Å²) in [7, 11) is 0. The highest BCUT2D eigenvalue weighted by atomic mass is 16.6. The molecule has 0 aromatic heterocycles. The summed E-state index contributed by atoms with van der Waals surface area (Å²) in [5, 5.41) is 0. The number of hydrogen-bond acceptors (Lipinski definition) is 5. The van der Waals surface area contributed by atoms with Crippen LogP contribution in [0.5, 0.6) is 5.75 Å². The number of rotatable bonds is 8. The zero-order valence-corrected chi connectivity index (χ0v) is 19.8. The summed E-state index contributed by atoms with van der Waals surface area (Å²) in [6.45, 7) is 13.9. The third-order valence-electron chi connectivity index (χ3n) is 4.87. The van der Waals surface area contributed by atoms with Gasteiger partial charge in [0.05, 0.1) is 6.61 Å². The summed E-state index contributed by atoms with van der Waals surface area (Å²) >= 11 is 0. The van der Waals surface area contributed by atoms with Crippen molar-refractivity contribution in [2.45, 2.75) is 73.5 Å². The molecule has 0 unspecified atom stereocenters. The van der Waals surface area contributed by atoms with Gasteiger partial charge < -0.3 is 14.2 Å². The summed E-state index contributed by atoms with van der Waals surface area (Å²) in [5.41, 5.74) is 6.12. The molecule has 5 nitrogen and oxygen atoms in total. The van der Waals surface area contributed by atoms with E-state index in [0.717, 1.165) is 39.1 Å². The van der Waals surface area contributed by atoms with Crippen molar-refractivity contribution in [2.75, 3.05) is 6.61 Å². The van der Waals surface area contributed by atoms with Crippen molar-refractivity contribution in [1.29, 1.82) is 0 Å². The minimum atomic E-state index is -0.463. The van der Waals surface area contributed by atoms with Crippen molar-refractivity contribution in [2.24, 2.45) is 0 Å². The summed E-state index contributed by atoms with van der Waals surface area (Å²) in [4.78, 5) is 23.0. The molecule has 0 fully saturated rings. The van der Waals surface area contributed by atoms with Crippen LogP contribution in [0.2, 0.25) is 0 Å². The molecule has 0 bridgehead atoms. The van der Waals surface area contributed by atoms with Gasteiger partial charge in [-0.3, -0.25) is 9.59 Å². The number of esters is 2. The van der Waals surface area contributed by atoms with Crippen LogP contribution < -0.4 is 4.74 Å². The highest BCUT2D eigenvalue weighted by molar-refractivity contribution is 5.75. The van der Waals surface area contributed by atoms with Crippen LogP contribution >= 0.6 is 0 Å². The fraction of sp³-hybridized carbons (Fsp3) is 0.462. The zero-order chi connectivity index (χ0) is 23.2. The maximum atomic E-state index is 11.8. The summed E-state index contributed by atoms with van der Waals surface area (Å²) in [5.74, 6) is 0.296. The minimum absolute atomic E-state index is 0.206. The molecule has 2 aromatic rings. The van der Waals surface area contributed by atoms with Crippen LogP contribution in [-0.2, 0) is 25.7 Å². The van der Waals surface area contributed by atoms with Crippen LogP contribution in [0.3, 0.4) is 0 Å². The van der Waals surface area contributed by atoms with E-state index in [4.69, 9.17) is 14.2 Å². The van der Waals surface area contributed by atoms with Crippen molar-refractivity contribution in [3.05, 3.63) is 52.6 Å². The van der Waals surface area contributed by atoms with E-state index in [1.807, 2.05) is 52.0 Å². The first kappa shape index (κ1) is 24.4. The molecule has 0 aliphatic heterocycles. The molecule has 0 aliphatic rings. The van der Waals surface area contributed by atoms with E-state index in [0.29, 0.717) is 19.4 Å². The first-order chi connectivity index (χ1) is 14.5. The second-order valence-electron chi connectivity index (χ2n) is 8.84. The highest BCUT2D eigenvalue weighted by Crippen LogP contribution is 2.34. The van der Waals surface area contributed by atoms with Crippen molar-refractivity contribution < 1.29 is 23.8 Å². The molecule has 5 heteroatoms. The second kappa shape index (κ2) is 10.5. The summed E-state index contributed by atoms with van der Waals surface area (Å²) in [6.07, 6.45) is 0.938. The minimum Gasteiger partial charge on any atom is -0.494 e. The number of ether oxygens (including phenoxy) is 3. The van der Waals surface area contributed by atoms with Gasteiger partial charge in [-0.25, -0.2) is 0 Å². The molecule has 0 N–H and O–H groups in total. The topological polar surface area (TPSA) is 61.8 Å². The van der Waals surface area contributed by atoms with Gasteiger partial charge in [-0.15, -0.1) is 0 Å². The number of carbonyl (C=O) groups excluding carboxylic acids is 2. The first-order valence-electron chi connectivity index (χ1n) is 10.7. The predicted molar refractivity (Wildman–Crippen MR) is 122 cm³/mol. The molecular weight excluding hydrogens is 392 g/mol. The molecule has 0 atom stereocenters. The molecule has 0 saturated heterocycles. The average molecular weight is 427 g/mol. The van der Waals surface area contributed by atoms with E-state index in [1.165, 1.54) is 6.92 Å². The van der Waals surface area contributed by atoms with E-state index >= 15 is 0 Å². The Morgan fingerprint density at radius 3 is 2.23 bits per heavy atom. The Kier molecular flexibility index (Phi) is 8.26. The lowest BCUT2D eigenvalue weighted by Gasteiger charge is -2.19. The number of aryl methyl sites for hydroxylation is 2. The largest absolute Gasteiger partial charge is 0.494 e. The Bertz CT molecular complexity index is 914. The monoisotopic (exact) mass is 426 g/mol. The zero-order valence-electron chi connectivity index (χ0n) is 19.8. The van der Waals surface area contributed by atoms with E-state index in [2.05, 4.69) is 19.9 Å². The Hall–Kier alpha value is -2.82. The van der Waals surface area contributed by atoms with Crippen LogP contribution in [0.25, 0.3) is 11.1 Å². The lowest BCUT2D eigenvalue weighted by molar-refractivity contribution is -0.155. The van der Waals surface area contributed by atoms with Gasteiger partial charge in [0.2, 0.25) is 0 Å². The molecule has 0 aliphatic carbocycles. The Morgan fingerprint density at radius 1 is 1.00 bits per heavy atom. The van der Waals surface area contributed by atoms with E-state index in [-0.39, 0.29) is 18.5 Å². The quantitative estimate of drug-likeness (QED) is 0.392. The highest BCUT2D eigenvalue weighted by Gasteiger charge is 2.16. The normalized spacial score (nSPS) is 11.2. The molecule has 0 saturated carbocycles. The van der Waals surface area contributed by atoms with Gasteiger partial charge >= 0.3 is 11.9 Å². The Morgan fingerprint density at radius 2 is 1.65 bits per heavy atom. The number of hydrogen-bond donors (Lipinski definition) is 0. The van der Waals surface area contributed by atoms with Crippen LogP contribution in [0, 0.1) is 20.8 Å². The first-order valence-corrected chi connectivity index (χ1v) is 10.7. The second-order valence-corrected chi connectivity index (χ2v) is 8.84. The average Bonchev–Trinajstić information content (AvgIpc) is 2.63. The maximum absolute atomic E-state index is 11.8. The summed E-state index contributed by atoms with van der Waals surface area (Å²) in [6, 6.07) is 10.1. The SMILES string of the molecule is CC(=O)OCc1cccc(-c2c(C)cc(OCCCC(=O)OC(C)(C)C)cc2C)c1C. The van der Waals surface area contributed by atoms with Gasteiger partial charge in [0.25, 0.3) is 0 Å². The fourth-order valence-corrected chi connectivity index (χ4v) is 3.52. The standard InChI is InChI=1S/C26H34O5/c1-17-14-22(29-13-9-12-24(28)31-26(5,6)7)15-18(2)25(17)23-11-8-10-21(19(23)3)16-30-20(4)27/h8,10-11,14-15H,9,12-13,16H2,1-7H3. The van der Waals surface area contributed by atoms with Gasteiger partial charge in [0.15, 0.2) is 0 Å². The van der Waals surface area contributed by atoms with Crippen molar-refractivity contribution >= 4 is 11.9 Å². The lowest BCUT2D eigenvalue weighted by Crippen LogP contribution is -2.23. The van der Waals surface area contributed by atoms with E-state index in [1.54, 1.807) is 0 Å². The number of benzene rings is 2. The van der Waals surface area contributed by atoms with Crippen LogP contribution in [0.15, 0.2) is 30.3 Å². The van der Waals surface area contributed by atoms with Crippen LogP contribution in [-0.4, -0.2) is 24.1 Å². The van der Waals surface area contributed by atoms with Gasteiger partial charge in [-0.05, 0) is 93.5 Å². The van der Waals surface area contributed by atoms with Gasteiger partial charge in [0, 0.05) is 13.3 Å². The molecule has 2 aromatic carbocycles. The molecule has 31 heavy (non-hydrogen) atoms. The van der Waals surface area contributed by atoms with Crippen LogP contribution in [0.1, 0.15) is 62.8 Å². The Labute approximate surface area is 185 Å². The molecule has 0 amide bonds. The molecular formula is C26H34O5. The molecule has 0 spiro atoms. The fourth-order valence-electron chi connectivity index (χ4n) is 3.52.